The van der Waals surface area contributed by atoms with E-state index in [0.717, 1.165) is 32.1 Å². The van der Waals surface area contributed by atoms with Crippen LogP contribution in [0.15, 0.2) is 71.6 Å². The monoisotopic (exact) mass is 535 g/mol. The zero-order valence-electron chi connectivity index (χ0n) is 23.0. The molecule has 3 rings (SSSR count). The zero-order chi connectivity index (χ0) is 28.0. The number of sulfonamides is 1. The second-order valence-corrected chi connectivity index (χ2v) is 11.5. The van der Waals surface area contributed by atoms with E-state index in [0.29, 0.717) is 12.2 Å². The molecule has 0 aromatic heterocycles. The molecule has 38 heavy (non-hydrogen) atoms. The van der Waals surface area contributed by atoms with E-state index in [2.05, 4.69) is 5.32 Å². The largest absolute Gasteiger partial charge is 0.355 e. The Morgan fingerprint density at radius 2 is 1.53 bits per heavy atom. The third-order valence-corrected chi connectivity index (χ3v) is 8.57. The molecule has 7 nitrogen and oxygen atoms in total. The summed E-state index contributed by atoms with van der Waals surface area (Å²) in [5.74, 6) is -0.769. The quantitative estimate of drug-likeness (QED) is 0.409. The summed E-state index contributed by atoms with van der Waals surface area (Å²) in [5.41, 5.74) is 5.11. The molecule has 0 unspecified atom stereocenters. The first-order chi connectivity index (χ1) is 17.9. The van der Waals surface area contributed by atoms with Gasteiger partial charge in [0.15, 0.2) is 0 Å². The van der Waals surface area contributed by atoms with Crippen molar-refractivity contribution in [1.29, 1.82) is 0 Å². The number of hydrogen-bond donors (Lipinski definition) is 1. The van der Waals surface area contributed by atoms with E-state index in [1.54, 1.807) is 43.3 Å². The Labute approximate surface area is 226 Å². The fraction of sp³-hybridized carbons (Fsp3) is 0.333. The maximum Gasteiger partial charge on any atom is 0.264 e. The summed E-state index contributed by atoms with van der Waals surface area (Å²) in [6.45, 7) is 11.3. The molecule has 0 aliphatic carbocycles. The molecular weight excluding hydrogens is 498 g/mol. The molecule has 0 heterocycles. The molecule has 0 saturated carbocycles. The zero-order valence-corrected chi connectivity index (χ0v) is 23.8. The maximum atomic E-state index is 13.9. The van der Waals surface area contributed by atoms with Crippen LogP contribution < -0.4 is 9.62 Å². The fourth-order valence-electron chi connectivity index (χ4n) is 4.12. The summed E-state index contributed by atoms with van der Waals surface area (Å²) in [6.07, 6.45) is 0. The van der Waals surface area contributed by atoms with Crippen LogP contribution in [0, 0.1) is 27.7 Å². The summed E-state index contributed by atoms with van der Waals surface area (Å²) < 4.78 is 28.9. The van der Waals surface area contributed by atoms with Gasteiger partial charge < -0.3 is 10.2 Å². The fourth-order valence-corrected chi connectivity index (χ4v) is 5.53. The van der Waals surface area contributed by atoms with Gasteiger partial charge >= 0.3 is 0 Å². The lowest BCUT2D eigenvalue weighted by atomic mass is 10.1. The Bertz CT molecular complexity index is 1400. The van der Waals surface area contributed by atoms with Gasteiger partial charge in [-0.1, -0.05) is 48.0 Å². The lowest BCUT2D eigenvalue weighted by Gasteiger charge is -2.32. The van der Waals surface area contributed by atoms with Gasteiger partial charge in [-0.25, -0.2) is 8.42 Å². The molecule has 0 aliphatic rings. The normalized spacial score (nSPS) is 12.1. The van der Waals surface area contributed by atoms with E-state index in [1.165, 1.54) is 4.90 Å². The molecule has 0 saturated heterocycles. The van der Waals surface area contributed by atoms with E-state index in [1.807, 2.05) is 65.0 Å². The highest BCUT2D eigenvalue weighted by Crippen LogP contribution is 2.27. The number of benzene rings is 3. The van der Waals surface area contributed by atoms with Crippen molar-refractivity contribution >= 4 is 27.5 Å². The number of amides is 2. The predicted molar refractivity (Wildman–Crippen MR) is 152 cm³/mol. The van der Waals surface area contributed by atoms with Crippen molar-refractivity contribution in [3.05, 3.63) is 94.5 Å². The number of likely N-dealkylation sites (N-methyl/N-ethyl adjacent to an activating group) is 1. The summed E-state index contributed by atoms with van der Waals surface area (Å²) >= 11 is 0. The minimum atomic E-state index is -4.08. The smallest absolute Gasteiger partial charge is 0.264 e. The van der Waals surface area contributed by atoms with E-state index >= 15 is 0 Å². The highest BCUT2D eigenvalue weighted by molar-refractivity contribution is 7.92. The lowest BCUT2D eigenvalue weighted by Crippen LogP contribution is -2.51. The third-order valence-electron chi connectivity index (χ3n) is 6.79. The van der Waals surface area contributed by atoms with Crippen molar-refractivity contribution in [2.45, 2.75) is 59.0 Å². The topological polar surface area (TPSA) is 86.8 Å². The Morgan fingerprint density at radius 1 is 0.868 bits per heavy atom. The van der Waals surface area contributed by atoms with Gasteiger partial charge in [0.05, 0.1) is 10.6 Å². The molecule has 3 aromatic carbocycles. The molecule has 0 fully saturated rings. The van der Waals surface area contributed by atoms with Crippen LogP contribution in [0.2, 0.25) is 0 Å². The Hall–Kier alpha value is -3.65. The third kappa shape index (κ3) is 6.61. The van der Waals surface area contributed by atoms with Crippen LogP contribution in [0.5, 0.6) is 0 Å². The van der Waals surface area contributed by atoms with Gasteiger partial charge in [0.2, 0.25) is 11.8 Å². The van der Waals surface area contributed by atoms with Gasteiger partial charge in [-0.2, -0.15) is 0 Å². The summed E-state index contributed by atoms with van der Waals surface area (Å²) in [5, 5.41) is 2.78. The second kappa shape index (κ2) is 12.3. The van der Waals surface area contributed by atoms with Crippen LogP contribution in [0.4, 0.5) is 5.69 Å². The highest BCUT2D eigenvalue weighted by Gasteiger charge is 2.32. The molecule has 3 aromatic rings. The van der Waals surface area contributed by atoms with Crippen LogP contribution >= 0.6 is 0 Å². The second-order valence-electron chi connectivity index (χ2n) is 9.61. The first-order valence-corrected chi connectivity index (χ1v) is 14.2. The first-order valence-electron chi connectivity index (χ1n) is 12.7. The number of anilines is 1. The number of hydrogen-bond acceptors (Lipinski definition) is 4. The summed E-state index contributed by atoms with van der Waals surface area (Å²) in [6, 6.07) is 18.7. The van der Waals surface area contributed by atoms with Crippen LogP contribution in [-0.4, -0.2) is 44.3 Å². The number of rotatable bonds is 10. The van der Waals surface area contributed by atoms with Gasteiger partial charge in [0.25, 0.3) is 10.0 Å². The van der Waals surface area contributed by atoms with Gasteiger partial charge in [-0.15, -0.1) is 0 Å². The number of carbonyl (C=O) groups excluding carboxylic acids is 2. The van der Waals surface area contributed by atoms with Crippen molar-refractivity contribution in [3.8, 4) is 0 Å². The molecule has 2 amide bonds. The first kappa shape index (κ1) is 28.9. The van der Waals surface area contributed by atoms with E-state index in [-0.39, 0.29) is 17.3 Å². The van der Waals surface area contributed by atoms with Gasteiger partial charge in [0.1, 0.15) is 12.6 Å². The van der Waals surface area contributed by atoms with E-state index in [9.17, 15) is 18.0 Å². The van der Waals surface area contributed by atoms with Crippen LogP contribution in [-0.2, 0) is 26.2 Å². The molecule has 0 bridgehead atoms. The van der Waals surface area contributed by atoms with Crippen LogP contribution in [0.1, 0.15) is 41.7 Å². The van der Waals surface area contributed by atoms with Crippen molar-refractivity contribution < 1.29 is 18.0 Å². The molecule has 202 valence electrons. The van der Waals surface area contributed by atoms with Crippen molar-refractivity contribution in [2.24, 2.45) is 0 Å². The molecule has 0 spiro atoms. The van der Waals surface area contributed by atoms with Gasteiger partial charge in [-0.3, -0.25) is 13.9 Å². The molecule has 0 aliphatic heterocycles. The summed E-state index contributed by atoms with van der Waals surface area (Å²) in [7, 11) is -4.08. The number of nitrogens with one attached hydrogen (secondary N) is 1. The van der Waals surface area contributed by atoms with E-state index in [4.69, 9.17) is 0 Å². The van der Waals surface area contributed by atoms with Crippen molar-refractivity contribution in [3.63, 3.8) is 0 Å². The minimum Gasteiger partial charge on any atom is -0.355 e. The molecule has 8 heteroatoms. The summed E-state index contributed by atoms with van der Waals surface area (Å²) in [4.78, 5) is 28.3. The molecule has 1 atom stereocenters. The molecular formula is C30H37N3O4S. The predicted octanol–water partition coefficient (Wildman–Crippen LogP) is 4.67. The molecule has 0 radical (unpaired) electrons. The van der Waals surface area contributed by atoms with Gasteiger partial charge in [0, 0.05) is 13.1 Å². The Kier molecular flexibility index (Phi) is 9.33. The lowest BCUT2D eigenvalue weighted by molar-refractivity contribution is -0.139. The maximum absolute atomic E-state index is 13.9. The average Bonchev–Trinajstić information content (AvgIpc) is 2.88. The van der Waals surface area contributed by atoms with E-state index < -0.39 is 28.5 Å². The van der Waals surface area contributed by atoms with Gasteiger partial charge in [-0.05, 0) is 88.1 Å². The minimum absolute atomic E-state index is 0.0938. The average molecular weight is 536 g/mol. The highest BCUT2D eigenvalue weighted by atomic mass is 32.2. The van der Waals surface area contributed by atoms with Crippen molar-refractivity contribution in [1.82, 2.24) is 10.2 Å². The molecule has 1 N–H and O–H groups in total. The number of carbonyl (C=O) groups is 2. The Balaban J connectivity index is 2.07. The van der Waals surface area contributed by atoms with Crippen molar-refractivity contribution in [2.75, 3.05) is 17.4 Å². The standard InChI is InChI=1S/C30H37N3O4S/c1-7-31-30(35)25(6)32(19-26-11-9-8-10-23(26)4)29(34)20-33(27-15-14-22(3)24(5)18-27)38(36,37)28-16-12-21(2)13-17-28/h8-18,25H,7,19-20H2,1-6H3,(H,31,35)/t25-/m1/s1. The Morgan fingerprint density at radius 3 is 2.13 bits per heavy atom. The SMILES string of the molecule is CCNC(=O)[C@@H](C)N(Cc1ccccc1C)C(=O)CN(c1ccc(C)c(C)c1)S(=O)(=O)c1ccc(C)cc1. The van der Waals surface area contributed by atoms with Crippen LogP contribution in [0.3, 0.4) is 0 Å². The number of aryl methyl sites for hydroxylation is 4. The van der Waals surface area contributed by atoms with Crippen LogP contribution in [0.25, 0.3) is 0 Å². The number of nitrogens with zero attached hydrogens (tertiary/aromatic N) is 2.